The molecule has 0 radical (unpaired) electrons. The van der Waals surface area contributed by atoms with Crippen LogP contribution in [-0.2, 0) is 28.6 Å². The lowest BCUT2D eigenvalue weighted by Gasteiger charge is -2.18. The summed E-state index contributed by atoms with van der Waals surface area (Å²) in [6.07, 6.45) is 48.7. The third-order valence-corrected chi connectivity index (χ3v) is 10.4. The molecule has 1 atom stereocenters. The van der Waals surface area contributed by atoms with Gasteiger partial charge in [0.05, 0.1) is 0 Å². The SMILES string of the molecule is CCCC/C=C\CCCCCCC(=O)OCC(COC(=O)CCCCCCCCCCCCCCCC)OC(=O)CCCCC/C=C\CCCCCCCC. The number of carbonyl (C=O) groups is 3. The molecule has 0 amide bonds. The summed E-state index contributed by atoms with van der Waals surface area (Å²) in [6.45, 7) is 6.57. The normalized spacial score (nSPS) is 12.1. The lowest BCUT2D eigenvalue weighted by molar-refractivity contribution is -0.167. The second-order valence-electron chi connectivity index (χ2n) is 16.0. The minimum atomic E-state index is -0.777. The van der Waals surface area contributed by atoms with Gasteiger partial charge in [-0.15, -0.1) is 0 Å². The van der Waals surface area contributed by atoms with Gasteiger partial charge in [-0.1, -0.05) is 193 Å². The molecule has 0 aromatic carbocycles. The Morgan fingerprint density at radius 1 is 0.345 bits per heavy atom. The van der Waals surface area contributed by atoms with E-state index >= 15 is 0 Å². The van der Waals surface area contributed by atoms with Crippen molar-refractivity contribution in [1.29, 1.82) is 0 Å². The van der Waals surface area contributed by atoms with E-state index in [2.05, 4.69) is 45.1 Å². The Kier molecular flexibility index (Phi) is 42.9. The van der Waals surface area contributed by atoms with Crippen LogP contribution in [0.15, 0.2) is 24.3 Å². The van der Waals surface area contributed by atoms with Gasteiger partial charge in [-0.3, -0.25) is 14.4 Å². The lowest BCUT2D eigenvalue weighted by atomic mass is 10.0. The summed E-state index contributed by atoms with van der Waals surface area (Å²) in [5, 5.41) is 0. The van der Waals surface area contributed by atoms with Gasteiger partial charge in [-0.2, -0.15) is 0 Å². The van der Waals surface area contributed by atoms with Crippen LogP contribution in [0.3, 0.4) is 0 Å². The Morgan fingerprint density at radius 2 is 0.618 bits per heavy atom. The molecule has 0 heterocycles. The van der Waals surface area contributed by atoms with Crippen LogP contribution in [-0.4, -0.2) is 37.2 Å². The zero-order valence-electron chi connectivity index (χ0n) is 36.7. The molecule has 322 valence electrons. The minimum absolute atomic E-state index is 0.0777. The van der Waals surface area contributed by atoms with Crippen LogP contribution in [0, 0.1) is 0 Å². The van der Waals surface area contributed by atoms with Crippen LogP contribution in [0.1, 0.15) is 252 Å². The maximum Gasteiger partial charge on any atom is 0.306 e. The van der Waals surface area contributed by atoms with Crippen LogP contribution in [0.25, 0.3) is 0 Å². The van der Waals surface area contributed by atoms with Gasteiger partial charge in [0.2, 0.25) is 0 Å². The van der Waals surface area contributed by atoms with Crippen LogP contribution < -0.4 is 0 Å². The molecular weight excluding hydrogens is 685 g/mol. The summed E-state index contributed by atoms with van der Waals surface area (Å²) in [6, 6.07) is 0. The van der Waals surface area contributed by atoms with Gasteiger partial charge in [0.1, 0.15) is 13.2 Å². The van der Waals surface area contributed by atoms with E-state index in [4.69, 9.17) is 14.2 Å². The third-order valence-electron chi connectivity index (χ3n) is 10.4. The van der Waals surface area contributed by atoms with Crippen molar-refractivity contribution in [3.05, 3.63) is 24.3 Å². The number of esters is 3. The van der Waals surface area contributed by atoms with E-state index in [9.17, 15) is 14.4 Å². The fourth-order valence-corrected chi connectivity index (χ4v) is 6.77. The fourth-order valence-electron chi connectivity index (χ4n) is 6.77. The maximum atomic E-state index is 12.7. The van der Waals surface area contributed by atoms with Crippen molar-refractivity contribution in [3.8, 4) is 0 Å². The number of unbranched alkanes of at least 4 members (excludes halogenated alkanes) is 28. The number of ether oxygens (including phenoxy) is 3. The minimum Gasteiger partial charge on any atom is -0.462 e. The average molecular weight is 775 g/mol. The second kappa shape index (κ2) is 44.6. The van der Waals surface area contributed by atoms with Gasteiger partial charge in [-0.25, -0.2) is 0 Å². The number of hydrogen-bond acceptors (Lipinski definition) is 6. The van der Waals surface area contributed by atoms with E-state index in [0.717, 1.165) is 89.9 Å². The van der Waals surface area contributed by atoms with Crippen molar-refractivity contribution in [1.82, 2.24) is 0 Å². The summed E-state index contributed by atoms with van der Waals surface area (Å²) in [5.41, 5.74) is 0. The number of rotatable bonds is 43. The van der Waals surface area contributed by atoms with E-state index in [1.165, 1.54) is 122 Å². The molecule has 0 aliphatic heterocycles. The van der Waals surface area contributed by atoms with E-state index in [1.54, 1.807) is 0 Å². The molecule has 6 nitrogen and oxygen atoms in total. The van der Waals surface area contributed by atoms with Crippen LogP contribution in [0.5, 0.6) is 0 Å². The molecule has 55 heavy (non-hydrogen) atoms. The maximum absolute atomic E-state index is 12.7. The molecule has 0 aromatic heterocycles. The van der Waals surface area contributed by atoms with Crippen molar-refractivity contribution in [2.75, 3.05) is 13.2 Å². The van der Waals surface area contributed by atoms with Crippen molar-refractivity contribution in [2.45, 2.75) is 258 Å². The van der Waals surface area contributed by atoms with Gasteiger partial charge in [0, 0.05) is 19.3 Å². The van der Waals surface area contributed by atoms with Crippen LogP contribution >= 0.6 is 0 Å². The number of hydrogen-bond donors (Lipinski definition) is 0. The van der Waals surface area contributed by atoms with E-state index < -0.39 is 6.10 Å². The molecule has 0 N–H and O–H groups in total. The standard InChI is InChI=1S/C49H90O6/c1-4-7-10-13-16-19-22-24-26-27-30-33-36-39-42-48(51)54-45-46(44-53-47(50)41-38-35-32-29-21-18-15-12-9-6-3)55-49(52)43-40-37-34-31-28-25-23-20-17-14-11-8-5-2/h15,18,25,28,46H,4-14,16-17,19-24,26-27,29-45H2,1-3H3/b18-15-,28-25-. The molecule has 0 aliphatic carbocycles. The Labute approximate surface area is 341 Å². The third kappa shape index (κ3) is 42.9. The summed E-state index contributed by atoms with van der Waals surface area (Å²) in [5.74, 6) is -0.902. The van der Waals surface area contributed by atoms with Gasteiger partial charge in [-0.05, 0) is 64.2 Å². The highest BCUT2D eigenvalue weighted by atomic mass is 16.6. The van der Waals surface area contributed by atoms with Crippen molar-refractivity contribution >= 4 is 17.9 Å². The molecule has 1 unspecified atom stereocenters. The Hall–Kier alpha value is -2.11. The number of carbonyl (C=O) groups excluding carboxylic acids is 3. The molecular formula is C49H90O6. The molecule has 0 rings (SSSR count). The van der Waals surface area contributed by atoms with E-state index in [0.29, 0.717) is 19.3 Å². The van der Waals surface area contributed by atoms with Crippen molar-refractivity contribution < 1.29 is 28.6 Å². The molecule has 0 bridgehead atoms. The van der Waals surface area contributed by atoms with Gasteiger partial charge >= 0.3 is 17.9 Å². The summed E-state index contributed by atoms with van der Waals surface area (Å²) in [7, 11) is 0. The van der Waals surface area contributed by atoms with E-state index in [1.807, 2.05) is 0 Å². The smallest absolute Gasteiger partial charge is 0.306 e. The largest absolute Gasteiger partial charge is 0.462 e. The summed E-state index contributed by atoms with van der Waals surface area (Å²) in [4.78, 5) is 37.7. The van der Waals surface area contributed by atoms with Crippen molar-refractivity contribution in [2.24, 2.45) is 0 Å². The highest BCUT2D eigenvalue weighted by molar-refractivity contribution is 5.71. The molecule has 0 fully saturated rings. The average Bonchev–Trinajstić information content (AvgIpc) is 3.18. The zero-order chi connectivity index (χ0) is 40.1. The first kappa shape index (κ1) is 52.9. The van der Waals surface area contributed by atoms with Gasteiger partial charge in [0.25, 0.3) is 0 Å². The zero-order valence-corrected chi connectivity index (χ0v) is 36.7. The van der Waals surface area contributed by atoms with Gasteiger partial charge in [0.15, 0.2) is 6.10 Å². The fraction of sp³-hybridized carbons (Fsp3) is 0.857. The lowest BCUT2D eigenvalue weighted by Crippen LogP contribution is -2.30. The summed E-state index contributed by atoms with van der Waals surface area (Å²) < 4.78 is 16.7. The first-order valence-electron chi connectivity index (χ1n) is 23.8. The Morgan fingerprint density at radius 3 is 0.982 bits per heavy atom. The quantitative estimate of drug-likeness (QED) is 0.0266. The van der Waals surface area contributed by atoms with Crippen LogP contribution in [0.4, 0.5) is 0 Å². The molecule has 0 spiro atoms. The molecule has 0 aliphatic rings. The predicted octanol–water partition coefficient (Wildman–Crippen LogP) is 15.2. The highest BCUT2D eigenvalue weighted by Gasteiger charge is 2.19. The molecule has 0 aromatic rings. The van der Waals surface area contributed by atoms with Crippen LogP contribution in [0.2, 0.25) is 0 Å². The van der Waals surface area contributed by atoms with Crippen molar-refractivity contribution in [3.63, 3.8) is 0 Å². The molecule has 0 saturated heterocycles. The Balaban J connectivity index is 4.36. The second-order valence-corrected chi connectivity index (χ2v) is 16.0. The first-order valence-corrected chi connectivity index (χ1v) is 23.8. The molecule has 6 heteroatoms. The van der Waals surface area contributed by atoms with Gasteiger partial charge < -0.3 is 14.2 Å². The monoisotopic (exact) mass is 775 g/mol. The predicted molar refractivity (Wildman–Crippen MR) is 233 cm³/mol. The summed E-state index contributed by atoms with van der Waals surface area (Å²) >= 11 is 0. The Bertz CT molecular complexity index is 896. The molecule has 0 saturated carbocycles. The number of allylic oxidation sites excluding steroid dienone is 4. The van der Waals surface area contributed by atoms with E-state index in [-0.39, 0.29) is 31.1 Å². The highest BCUT2D eigenvalue weighted by Crippen LogP contribution is 2.15. The first-order chi connectivity index (χ1) is 27.0. The topological polar surface area (TPSA) is 78.9 Å².